The average Bonchev–Trinajstić information content (AvgIpc) is 3.22. The van der Waals surface area contributed by atoms with E-state index in [1.165, 1.54) is 30.3 Å². The number of rotatable bonds is 20. The minimum Gasteiger partial charge on any atom is -0.497 e. The van der Waals surface area contributed by atoms with Gasteiger partial charge in [-0.2, -0.15) is 5.12 Å². The summed E-state index contributed by atoms with van der Waals surface area (Å²) in [6.07, 6.45) is 1.19. The highest BCUT2D eigenvalue weighted by Gasteiger charge is 2.30. The first-order valence-electron chi connectivity index (χ1n) is 18.5. The molecule has 0 atom stereocenters. The quantitative estimate of drug-likeness (QED) is 0.0781. The third-order valence-corrected chi connectivity index (χ3v) is 9.44. The van der Waals surface area contributed by atoms with Gasteiger partial charge in [-0.15, -0.1) is 20.8 Å². The summed E-state index contributed by atoms with van der Waals surface area (Å²) in [6, 6.07) is 44.9. The summed E-state index contributed by atoms with van der Waals surface area (Å²) in [6.45, 7) is 1.78. The molecule has 0 saturated carbocycles. The fourth-order valence-electron chi connectivity index (χ4n) is 6.14. The number of nitrogens with one attached hydrogen (secondary N) is 1. The van der Waals surface area contributed by atoms with Crippen LogP contribution in [0.15, 0.2) is 152 Å². The Morgan fingerprint density at radius 3 is 1.96 bits per heavy atom. The first-order valence-corrected chi connectivity index (χ1v) is 18.8. The fourth-order valence-corrected chi connectivity index (χ4v) is 6.26. The maximum absolute atomic E-state index is 15.7. The Morgan fingerprint density at radius 2 is 1.25 bits per heavy atom. The molecule has 0 saturated heterocycles. The molecule has 0 amide bonds. The molecule has 6 aromatic carbocycles. The maximum Gasteiger partial charge on any atom is 0.127 e. The van der Waals surface area contributed by atoms with Gasteiger partial charge in [0.15, 0.2) is 0 Å². The fraction of sp³-hybridized carbons (Fsp3) is 0.200. The molecule has 0 aliphatic heterocycles. The molecule has 1 radical (unpaired) electrons. The van der Waals surface area contributed by atoms with E-state index >= 15 is 4.39 Å². The summed E-state index contributed by atoms with van der Waals surface area (Å²) in [5, 5.41) is 8.23. The predicted molar refractivity (Wildman–Crippen MR) is 215 cm³/mol. The van der Waals surface area contributed by atoms with Crippen LogP contribution < -0.4 is 15.6 Å². The van der Waals surface area contributed by atoms with Gasteiger partial charge < -0.3 is 4.74 Å². The van der Waals surface area contributed by atoms with Gasteiger partial charge >= 0.3 is 0 Å². The maximum atomic E-state index is 15.7. The van der Waals surface area contributed by atoms with Crippen LogP contribution in [0.4, 0.5) is 13.2 Å². The molecule has 1 N–H and O–H groups in total. The lowest BCUT2D eigenvalue weighted by Crippen LogP contribution is -2.63. The number of hydrogen-bond donors (Lipinski definition) is 1. The number of hydrazine groups is 4. The zero-order chi connectivity index (χ0) is 39.1. The number of ether oxygens (including phenoxy) is 1. The van der Waals surface area contributed by atoms with Crippen molar-refractivity contribution in [2.75, 3.05) is 20.2 Å². The van der Waals surface area contributed by atoms with Crippen LogP contribution in [0.5, 0.6) is 5.75 Å². The molecule has 0 aromatic heterocycles. The van der Waals surface area contributed by atoms with Crippen molar-refractivity contribution in [3.63, 3.8) is 0 Å². The van der Waals surface area contributed by atoms with E-state index < -0.39 is 0 Å². The van der Waals surface area contributed by atoms with Crippen LogP contribution in [-0.4, -0.2) is 40.7 Å². The second-order valence-corrected chi connectivity index (χ2v) is 13.7. The summed E-state index contributed by atoms with van der Waals surface area (Å²) in [5.41, 5.74) is 13.8. The van der Waals surface area contributed by atoms with Gasteiger partial charge in [0.25, 0.3) is 0 Å². The predicted octanol–water partition coefficient (Wildman–Crippen LogP) is 9.33. The van der Waals surface area contributed by atoms with Gasteiger partial charge in [-0.1, -0.05) is 109 Å². The second kappa shape index (κ2) is 20.8. The molecule has 6 rings (SSSR count). The third kappa shape index (κ3) is 12.2. The van der Waals surface area contributed by atoms with Crippen molar-refractivity contribution >= 4 is 11.6 Å². The third-order valence-electron chi connectivity index (χ3n) is 9.19. The number of nitrogens with zero attached hydrogens (tertiary/aromatic N) is 5. The highest BCUT2D eigenvalue weighted by Crippen LogP contribution is 2.22. The SMILES string of the molecule is COc1ccc(CNN(CCc2ccc(F)cc2)N(Cc2cccc(F)c2)N(Cc2ccccc2F)N(Cc2ccc(Cl)cc2)[N]CCc2ccccc2)cc1. The minimum atomic E-state index is -0.377. The molecule has 0 heterocycles. The molecule has 0 aliphatic rings. The Balaban J connectivity index is 1.44. The molecular weight excluding hydrogens is 733 g/mol. The number of halogens is 4. The van der Waals surface area contributed by atoms with E-state index in [2.05, 4.69) is 17.6 Å². The van der Waals surface area contributed by atoms with Crippen LogP contribution in [0.1, 0.15) is 33.4 Å². The van der Waals surface area contributed by atoms with E-state index in [4.69, 9.17) is 21.8 Å². The summed E-state index contributed by atoms with van der Waals surface area (Å²) < 4.78 is 49.9. The van der Waals surface area contributed by atoms with E-state index in [-0.39, 0.29) is 30.5 Å². The largest absolute Gasteiger partial charge is 0.497 e. The van der Waals surface area contributed by atoms with Crippen molar-refractivity contribution in [3.8, 4) is 5.75 Å². The zero-order valence-corrected chi connectivity index (χ0v) is 32.0. The highest BCUT2D eigenvalue weighted by atomic mass is 35.5. The van der Waals surface area contributed by atoms with Gasteiger partial charge in [-0.05, 0) is 95.3 Å². The molecule has 0 spiro atoms. The van der Waals surface area contributed by atoms with E-state index in [0.717, 1.165) is 28.0 Å². The lowest BCUT2D eigenvalue weighted by molar-refractivity contribution is -0.324. The smallest absolute Gasteiger partial charge is 0.127 e. The Morgan fingerprint density at radius 1 is 0.589 bits per heavy atom. The van der Waals surface area contributed by atoms with Gasteiger partial charge in [0.2, 0.25) is 0 Å². The summed E-state index contributed by atoms with van der Waals surface area (Å²) >= 11 is 6.31. The van der Waals surface area contributed by atoms with Gasteiger partial charge in [-0.25, -0.2) is 18.6 Å². The minimum absolute atomic E-state index is 0.0711. The molecule has 0 bridgehead atoms. The average molecular weight is 778 g/mol. The van der Waals surface area contributed by atoms with Crippen LogP contribution in [0.2, 0.25) is 5.02 Å². The van der Waals surface area contributed by atoms with Crippen molar-refractivity contribution in [1.29, 1.82) is 0 Å². The standard InChI is InChI=1S/C45H45ClF3N6O/c1-56-44-24-18-37(19-25-44)31-51-52(29-27-36-16-22-42(47)23-17-36)54(33-39-10-7-12-43(48)30-39)55(34-40-11-5-6-13-45(40)49)53(32-38-14-20-41(46)21-15-38)50-28-26-35-8-3-2-4-9-35/h2-25,30,51H,26-29,31-34H2,1H3. The monoisotopic (exact) mass is 777 g/mol. The topological polar surface area (TPSA) is 48.3 Å². The van der Waals surface area contributed by atoms with Crippen molar-refractivity contribution < 1.29 is 17.9 Å². The molecular formula is C45H45ClF3N6O. The van der Waals surface area contributed by atoms with E-state index in [1.807, 2.05) is 93.3 Å². The van der Waals surface area contributed by atoms with Crippen LogP contribution in [0.25, 0.3) is 0 Å². The lowest BCUT2D eigenvalue weighted by atomic mass is 10.1. The highest BCUT2D eigenvalue weighted by molar-refractivity contribution is 6.30. The van der Waals surface area contributed by atoms with Crippen LogP contribution in [0, 0.1) is 17.5 Å². The number of methoxy groups -OCH3 is 1. The Labute approximate surface area is 332 Å². The Kier molecular flexibility index (Phi) is 15.1. The molecule has 0 fully saturated rings. The molecule has 6 aromatic rings. The summed E-state index contributed by atoms with van der Waals surface area (Å²) in [4.78, 5) is 0. The number of hydrogen-bond acceptors (Lipinski definition) is 6. The van der Waals surface area contributed by atoms with Crippen molar-refractivity contribution in [2.45, 2.75) is 39.0 Å². The lowest BCUT2D eigenvalue weighted by Gasteiger charge is -2.46. The van der Waals surface area contributed by atoms with E-state index in [9.17, 15) is 8.78 Å². The van der Waals surface area contributed by atoms with Crippen molar-refractivity contribution in [1.82, 2.24) is 31.3 Å². The second-order valence-electron chi connectivity index (χ2n) is 13.2. The van der Waals surface area contributed by atoms with Gasteiger partial charge in [0.05, 0.1) is 26.7 Å². The van der Waals surface area contributed by atoms with Crippen LogP contribution >= 0.6 is 11.6 Å². The molecule has 289 valence electrons. The normalized spacial score (nSPS) is 11.6. The van der Waals surface area contributed by atoms with Crippen molar-refractivity contribution in [3.05, 3.63) is 208 Å². The summed E-state index contributed by atoms with van der Waals surface area (Å²) in [7, 11) is 1.62. The molecule has 7 nitrogen and oxygen atoms in total. The zero-order valence-electron chi connectivity index (χ0n) is 31.2. The summed E-state index contributed by atoms with van der Waals surface area (Å²) in [5.74, 6) is -0.330. The van der Waals surface area contributed by atoms with E-state index in [0.29, 0.717) is 55.2 Å². The van der Waals surface area contributed by atoms with Crippen molar-refractivity contribution in [2.24, 2.45) is 0 Å². The van der Waals surface area contributed by atoms with Crippen LogP contribution in [0.3, 0.4) is 0 Å². The van der Waals surface area contributed by atoms with Gasteiger partial charge in [-0.3, -0.25) is 0 Å². The Hall–Kier alpha value is -5.04. The molecule has 11 heteroatoms. The van der Waals surface area contributed by atoms with Gasteiger partial charge in [0, 0.05) is 30.2 Å². The van der Waals surface area contributed by atoms with E-state index in [1.54, 1.807) is 43.5 Å². The molecule has 0 unspecified atom stereocenters. The number of benzene rings is 6. The van der Waals surface area contributed by atoms with Crippen LogP contribution in [-0.2, 0) is 39.0 Å². The van der Waals surface area contributed by atoms with Gasteiger partial charge in [0.1, 0.15) is 23.2 Å². The first-order chi connectivity index (χ1) is 27.3. The Bertz CT molecular complexity index is 2070. The first kappa shape index (κ1) is 40.6. The molecule has 56 heavy (non-hydrogen) atoms. The molecule has 0 aliphatic carbocycles.